The van der Waals surface area contributed by atoms with E-state index in [-0.39, 0.29) is 5.75 Å². The van der Waals surface area contributed by atoms with Gasteiger partial charge in [0, 0.05) is 30.2 Å². The summed E-state index contributed by atoms with van der Waals surface area (Å²) in [5, 5.41) is 0. The molecule has 0 amide bonds. The van der Waals surface area contributed by atoms with Gasteiger partial charge in [-0.1, -0.05) is 0 Å². The van der Waals surface area contributed by atoms with Crippen LogP contribution in [0.5, 0.6) is 17.4 Å². The first-order valence-electron chi connectivity index (χ1n) is 6.87. The number of rotatable bonds is 5. The molecule has 9 heteroatoms. The number of methoxy groups -OCH3 is 2. The number of nitrogens with zero attached hydrogens (tertiary/aromatic N) is 3. The molecule has 0 atom stereocenters. The Morgan fingerprint density at radius 1 is 1.17 bits per heavy atom. The minimum absolute atomic E-state index is 0.168. The zero-order valence-electron chi connectivity index (χ0n) is 13.3. The summed E-state index contributed by atoms with van der Waals surface area (Å²) in [4.78, 5) is 8.61. The highest BCUT2D eigenvalue weighted by Crippen LogP contribution is 2.34. The molecule has 3 rings (SSSR count). The summed E-state index contributed by atoms with van der Waals surface area (Å²) in [5.41, 5.74) is 1.88. The van der Waals surface area contributed by atoms with Crippen molar-refractivity contribution in [1.82, 2.24) is 14.4 Å². The van der Waals surface area contributed by atoms with Crippen LogP contribution < -0.4 is 13.7 Å². The lowest BCUT2D eigenvalue weighted by molar-refractivity contribution is 0.400. The summed E-state index contributed by atoms with van der Waals surface area (Å²) >= 11 is 0. The Hall–Kier alpha value is -2.81. The molecule has 2 aromatic heterocycles. The van der Waals surface area contributed by atoms with Gasteiger partial charge < -0.3 is 18.1 Å². The summed E-state index contributed by atoms with van der Waals surface area (Å²) < 4.78 is 39.7. The van der Waals surface area contributed by atoms with Crippen molar-refractivity contribution in [2.45, 2.75) is 0 Å². The molecule has 8 nitrogen and oxygen atoms in total. The van der Waals surface area contributed by atoms with Crippen LogP contribution in [0.4, 0.5) is 0 Å². The highest BCUT2D eigenvalue weighted by molar-refractivity contribution is 7.86. The molecule has 0 aliphatic heterocycles. The van der Waals surface area contributed by atoms with Crippen molar-refractivity contribution >= 4 is 15.8 Å². The summed E-state index contributed by atoms with van der Waals surface area (Å²) in [5.74, 6) is 1.01. The molecule has 0 aliphatic rings. The molecule has 126 valence electrons. The van der Waals surface area contributed by atoms with E-state index in [1.807, 2.05) is 0 Å². The molecule has 0 spiro atoms. The molecule has 3 aromatic rings. The van der Waals surface area contributed by atoms with Crippen LogP contribution in [-0.2, 0) is 10.1 Å². The van der Waals surface area contributed by atoms with Crippen LogP contribution in [0.3, 0.4) is 0 Å². The van der Waals surface area contributed by atoms with Gasteiger partial charge in [-0.3, -0.25) is 0 Å². The van der Waals surface area contributed by atoms with E-state index < -0.39 is 10.1 Å². The topological polar surface area (TPSA) is 92.0 Å². The number of ether oxygens (including phenoxy) is 2. The minimum Gasteiger partial charge on any atom is -0.496 e. The van der Waals surface area contributed by atoms with E-state index in [0.29, 0.717) is 28.5 Å². The molecule has 0 bridgehead atoms. The van der Waals surface area contributed by atoms with E-state index in [9.17, 15) is 8.42 Å². The first kappa shape index (κ1) is 16.1. The highest BCUT2D eigenvalue weighted by Gasteiger charge is 2.15. The van der Waals surface area contributed by atoms with Gasteiger partial charge in [0.15, 0.2) is 0 Å². The SMILES string of the molecule is COc1cc(OS(C)(=O)=O)ccc1-c1cn2ccnc(OC)c2n1. The molecule has 0 saturated carbocycles. The van der Waals surface area contributed by atoms with Crippen molar-refractivity contribution in [3.63, 3.8) is 0 Å². The van der Waals surface area contributed by atoms with E-state index in [0.717, 1.165) is 6.26 Å². The predicted molar refractivity (Wildman–Crippen MR) is 87.0 cm³/mol. The fourth-order valence-electron chi connectivity index (χ4n) is 2.28. The Kier molecular flexibility index (Phi) is 4.02. The number of hydrogen-bond acceptors (Lipinski definition) is 7. The van der Waals surface area contributed by atoms with E-state index >= 15 is 0 Å². The second-order valence-electron chi connectivity index (χ2n) is 4.94. The van der Waals surface area contributed by atoms with Gasteiger partial charge in [-0.25, -0.2) is 9.97 Å². The molecule has 24 heavy (non-hydrogen) atoms. The third-order valence-electron chi connectivity index (χ3n) is 3.23. The Morgan fingerprint density at radius 2 is 1.96 bits per heavy atom. The van der Waals surface area contributed by atoms with Crippen LogP contribution in [0.15, 0.2) is 36.8 Å². The molecule has 0 radical (unpaired) electrons. The molecular formula is C15H15N3O5S. The lowest BCUT2D eigenvalue weighted by atomic mass is 10.1. The van der Waals surface area contributed by atoms with E-state index in [4.69, 9.17) is 13.7 Å². The highest BCUT2D eigenvalue weighted by atomic mass is 32.2. The fraction of sp³-hybridized carbons (Fsp3) is 0.200. The third-order valence-corrected chi connectivity index (χ3v) is 3.73. The Balaban J connectivity index is 2.09. The molecule has 2 heterocycles. The van der Waals surface area contributed by atoms with Crippen molar-refractivity contribution in [3.8, 4) is 28.6 Å². The van der Waals surface area contributed by atoms with E-state index in [1.54, 1.807) is 35.1 Å². The largest absolute Gasteiger partial charge is 0.496 e. The van der Waals surface area contributed by atoms with Crippen LogP contribution in [0, 0.1) is 0 Å². The third kappa shape index (κ3) is 3.11. The summed E-state index contributed by atoms with van der Waals surface area (Å²) in [6.07, 6.45) is 6.14. The van der Waals surface area contributed by atoms with Crippen molar-refractivity contribution < 1.29 is 22.1 Å². The molecule has 0 aliphatic carbocycles. The number of benzene rings is 1. The smallest absolute Gasteiger partial charge is 0.306 e. The zero-order valence-corrected chi connectivity index (χ0v) is 14.1. The number of aromatic nitrogens is 3. The van der Waals surface area contributed by atoms with Crippen LogP contribution in [0.1, 0.15) is 0 Å². The monoisotopic (exact) mass is 349 g/mol. The fourth-order valence-corrected chi connectivity index (χ4v) is 2.73. The summed E-state index contributed by atoms with van der Waals surface area (Å²) in [7, 11) is -0.600. The average molecular weight is 349 g/mol. The zero-order chi connectivity index (χ0) is 17.3. The first-order valence-corrected chi connectivity index (χ1v) is 8.68. The maximum absolute atomic E-state index is 11.2. The number of hydrogen-bond donors (Lipinski definition) is 0. The molecule has 0 N–H and O–H groups in total. The van der Waals surface area contributed by atoms with E-state index in [2.05, 4.69) is 9.97 Å². The lowest BCUT2D eigenvalue weighted by Crippen LogP contribution is -2.05. The van der Waals surface area contributed by atoms with Crippen molar-refractivity contribution in [2.75, 3.05) is 20.5 Å². The second-order valence-corrected chi connectivity index (χ2v) is 6.52. The van der Waals surface area contributed by atoms with Crippen LogP contribution in [0.25, 0.3) is 16.9 Å². The molecule has 0 saturated heterocycles. The average Bonchev–Trinajstić information content (AvgIpc) is 2.96. The van der Waals surface area contributed by atoms with Gasteiger partial charge in [0.2, 0.25) is 5.65 Å². The van der Waals surface area contributed by atoms with Crippen molar-refractivity contribution in [1.29, 1.82) is 0 Å². The van der Waals surface area contributed by atoms with E-state index in [1.165, 1.54) is 20.3 Å². The Labute approximate surface area is 138 Å². The predicted octanol–water partition coefficient (Wildman–Crippen LogP) is 1.75. The lowest BCUT2D eigenvalue weighted by Gasteiger charge is -2.09. The van der Waals surface area contributed by atoms with Crippen LogP contribution in [0.2, 0.25) is 0 Å². The Morgan fingerprint density at radius 3 is 2.62 bits per heavy atom. The second kappa shape index (κ2) is 6.00. The quantitative estimate of drug-likeness (QED) is 0.648. The van der Waals surface area contributed by atoms with Crippen molar-refractivity contribution in [3.05, 3.63) is 36.8 Å². The molecule has 0 unspecified atom stereocenters. The first-order chi connectivity index (χ1) is 11.4. The van der Waals surface area contributed by atoms with Gasteiger partial charge in [0.1, 0.15) is 11.5 Å². The molecular weight excluding hydrogens is 334 g/mol. The van der Waals surface area contributed by atoms with Crippen LogP contribution in [-0.4, -0.2) is 43.3 Å². The number of fused-ring (bicyclic) bond motifs is 1. The van der Waals surface area contributed by atoms with Gasteiger partial charge in [0.05, 0.1) is 26.2 Å². The minimum atomic E-state index is -3.61. The molecule has 1 aromatic carbocycles. The van der Waals surface area contributed by atoms with Gasteiger partial charge in [-0.15, -0.1) is 0 Å². The standard InChI is InChI=1S/C15H15N3O5S/c1-21-13-8-10(23-24(3,19)20)4-5-11(13)12-9-18-7-6-16-15(22-2)14(18)17-12/h4-9H,1-3H3. The maximum atomic E-state index is 11.2. The summed E-state index contributed by atoms with van der Waals surface area (Å²) in [6, 6.07) is 4.72. The van der Waals surface area contributed by atoms with Gasteiger partial charge in [0.25, 0.3) is 5.88 Å². The summed E-state index contributed by atoms with van der Waals surface area (Å²) in [6.45, 7) is 0. The molecule has 0 fully saturated rings. The van der Waals surface area contributed by atoms with Crippen molar-refractivity contribution in [2.24, 2.45) is 0 Å². The van der Waals surface area contributed by atoms with Gasteiger partial charge in [-0.05, 0) is 12.1 Å². The maximum Gasteiger partial charge on any atom is 0.306 e. The normalized spacial score (nSPS) is 11.5. The van der Waals surface area contributed by atoms with Gasteiger partial charge in [-0.2, -0.15) is 8.42 Å². The number of imidazole rings is 1. The van der Waals surface area contributed by atoms with Crippen LogP contribution >= 0.6 is 0 Å². The Bertz CT molecular complexity index is 998. The van der Waals surface area contributed by atoms with Gasteiger partial charge >= 0.3 is 10.1 Å².